The van der Waals surface area contributed by atoms with Crippen molar-refractivity contribution < 1.29 is 24.0 Å². The molecule has 0 saturated heterocycles. The molecule has 0 bridgehead atoms. The molecule has 0 aliphatic heterocycles. The summed E-state index contributed by atoms with van der Waals surface area (Å²) in [6, 6.07) is 5.85. The number of nitrogens with zero attached hydrogens (tertiary/aromatic N) is 1. The zero-order chi connectivity index (χ0) is 17.1. The number of carbonyl (C=O) groups excluding carboxylic acids is 2. The van der Waals surface area contributed by atoms with Crippen molar-refractivity contribution in [3.8, 4) is 0 Å². The minimum Gasteiger partial charge on any atom is -0.466 e. The highest BCUT2D eigenvalue weighted by Crippen LogP contribution is 2.14. The highest BCUT2D eigenvalue weighted by molar-refractivity contribution is 5.77. The average Bonchev–Trinajstić information content (AvgIpc) is 2.55. The summed E-state index contributed by atoms with van der Waals surface area (Å²) in [4.78, 5) is 33.1. The van der Waals surface area contributed by atoms with Gasteiger partial charge in [-0.1, -0.05) is 31.9 Å². The highest BCUT2D eigenvalue weighted by Gasteiger charge is 2.11. The van der Waals surface area contributed by atoms with Crippen molar-refractivity contribution in [2.75, 3.05) is 6.61 Å². The van der Waals surface area contributed by atoms with Gasteiger partial charge < -0.3 is 9.47 Å². The van der Waals surface area contributed by atoms with E-state index in [9.17, 15) is 19.7 Å². The van der Waals surface area contributed by atoms with Gasteiger partial charge >= 0.3 is 11.9 Å². The summed E-state index contributed by atoms with van der Waals surface area (Å²) in [5.41, 5.74) is 0.462. The zero-order valence-corrected chi connectivity index (χ0v) is 13.2. The minimum absolute atomic E-state index is 0.0279. The fourth-order valence-electron chi connectivity index (χ4n) is 1.81. The van der Waals surface area contributed by atoms with E-state index < -0.39 is 16.9 Å². The third-order valence-corrected chi connectivity index (χ3v) is 3.07. The van der Waals surface area contributed by atoms with Crippen LogP contribution in [0.4, 0.5) is 5.69 Å². The third-order valence-electron chi connectivity index (χ3n) is 3.07. The van der Waals surface area contributed by atoms with Crippen LogP contribution in [0.15, 0.2) is 24.3 Å². The number of hydrogen-bond acceptors (Lipinski definition) is 6. The molecule has 23 heavy (non-hydrogen) atoms. The smallest absolute Gasteiger partial charge is 0.306 e. The van der Waals surface area contributed by atoms with Crippen LogP contribution in [-0.4, -0.2) is 23.5 Å². The molecule has 0 saturated carbocycles. The van der Waals surface area contributed by atoms with E-state index in [1.54, 1.807) is 6.07 Å². The van der Waals surface area contributed by atoms with Gasteiger partial charge in [0.15, 0.2) is 0 Å². The molecule has 0 radical (unpaired) electrons. The standard InChI is InChI=1S/C16H21NO6/c1-2-3-4-10-22-15(18)8-9-16(19)23-12-13-6-5-7-14(11-13)17(20)21/h5-7,11H,2-4,8-10,12H2,1H3. The van der Waals surface area contributed by atoms with Gasteiger partial charge in [0.2, 0.25) is 0 Å². The molecule has 1 rings (SSSR count). The minimum atomic E-state index is -0.540. The largest absolute Gasteiger partial charge is 0.466 e. The summed E-state index contributed by atoms with van der Waals surface area (Å²) < 4.78 is 9.96. The molecule has 0 atom stereocenters. The molecule has 0 fully saturated rings. The molecule has 7 heteroatoms. The molecule has 0 unspecified atom stereocenters. The molecule has 0 heterocycles. The maximum absolute atomic E-state index is 11.6. The number of unbranched alkanes of at least 4 members (excludes halogenated alkanes) is 2. The predicted molar refractivity (Wildman–Crippen MR) is 82.6 cm³/mol. The lowest BCUT2D eigenvalue weighted by Crippen LogP contribution is -2.11. The van der Waals surface area contributed by atoms with Crippen LogP contribution >= 0.6 is 0 Å². The number of esters is 2. The first-order valence-corrected chi connectivity index (χ1v) is 7.57. The Labute approximate surface area is 134 Å². The van der Waals surface area contributed by atoms with Gasteiger partial charge in [-0.2, -0.15) is 0 Å². The van der Waals surface area contributed by atoms with Crippen molar-refractivity contribution in [2.45, 2.75) is 45.6 Å². The van der Waals surface area contributed by atoms with Crippen LogP contribution in [0.3, 0.4) is 0 Å². The van der Waals surface area contributed by atoms with Crippen LogP contribution in [-0.2, 0) is 25.7 Å². The molecule has 0 amide bonds. The van der Waals surface area contributed by atoms with E-state index in [1.165, 1.54) is 18.2 Å². The van der Waals surface area contributed by atoms with Crippen LogP contribution in [0.2, 0.25) is 0 Å². The molecule has 0 aromatic heterocycles. The van der Waals surface area contributed by atoms with Gasteiger partial charge in [0, 0.05) is 12.1 Å². The predicted octanol–water partition coefficient (Wildman–Crippen LogP) is 3.15. The summed E-state index contributed by atoms with van der Waals surface area (Å²) in [5, 5.41) is 10.6. The number of carbonyl (C=O) groups is 2. The van der Waals surface area contributed by atoms with Gasteiger partial charge in [-0.15, -0.1) is 0 Å². The van der Waals surface area contributed by atoms with Crippen molar-refractivity contribution in [3.63, 3.8) is 0 Å². The first kappa shape index (κ1) is 18.6. The maximum Gasteiger partial charge on any atom is 0.306 e. The second kappa shape index (κ2) is 10.3. The van der Waals surface area contributed by atoms with Crippen molar-refractivity contribution in [1.29, 1.82) is 0 Å². The lowest BCUT2D eigenvalue weighted by Gasteiger charge is -2.06. The van der Waals surface area contributed by atoms with Crippen LogP contribution in [0, 0.1) is 10.1 Å². The molecule has 0 aliphatic rings. The maximum atomic E-state index is 11.6. The molecule has 0 spiro atoms. The van der Waals surface area contributed by atoms with E-state index >= 15 is 0 Å². The van der Waals surface area contributed by atoms with Gasteiger partial charge in [0.05, 0.1) is 24.4 Å². The van der Waals surface area contributed by atoms with Gasteiger partial charge in [0.1, 0.15) is 6.61 Å². The fourth-order valence-corrected chi connectivity index (χ4v) is 1.81. The summed E-state index contributed by atoms with van der Waals surface area (Å²) in [6.45, 7) is 2.36. The summed E-state index contributed by atoms with van der Waals surface area (Å²) in [6.07, 6.45) is 2.76. The van der Waals surface area contributed by atoms with Crippen molar-refractivity contribution in [2.24, 2.45) is 0 Å². The van der Waals surface area contributed by atoms with Gasteiger partial charge in [-0.05, 0) is 12.0 Å². The monoisotopic (exact) mass is 323 g/mol. The van der Waals surface area contributed by atoms with Crippen molar-refractivity contribution in [1.82, 2.24) is 0 Å². The van der Waals surface area contributed by atoms with E-state index in [4.69, 9.17) is 9.47 Å². The first-order valence-electron chi connectivity index (χ1n) is 7.57. The number of benzene rings is 1. The number of nitro groups is 1. The Bertz CT molecular complexity index is 543. The Morgan fingerprint density at radius 3 is 2.48 bits per heavy atom. The quantitative estimate of drug-likeness (QED) is 0.284. The Morgan fingerprint density at radius 2 is 1.83 bits per heavy atom. The molecular weight excluding hydrogens is 302 g/mol. The molecule has 0 aliphatic carbocycles. The number of rotatable bonds is 10. The van der Waals surface area contributed by atoms with E-state index in [2.05, 4.69) is 6.92 Å². The third kappa shape index (κ3) is 7.94. The average molecular weight is 323 g/mol. The summed E-state index contributed by atoms with van der Waals surface area (Å²) >= 11 is 0. The van der Waals surface area contributed by atoms with Crippen molar-refractivity contribution in [3.05, 3.63) is 39.9 Å². The molecule has 1 aromatic carbocycles. The zero-order valence-electron chi connectivity index (χ0n) is 13.2. The van der Waals surface area contributed by atoms with Crippen LogP contribution in [0.1, 0.15) is 44.6 Å². The van der Waals surface area contributed by atoms with Crippen molar-refractivity contribution >= 4 is 17.6 Å². The number of nitro benzene ring substituents is 1. The summed E-state index contributed by atoms with van der Waals surface area (Å²) in [5.74, 6) is -0.963. The Balaban J connectivity index is 2.25. The number of non-ortho nitro benzene ring substituents is 1. The van der Waals surface area contributed by atoms with Crippen LogP contribution in [0.5, 0.6) is 0 Å². The fraction of sp³-hybridized carbons (Fsp3) is 0.500. The SMILES string of the molecule is CCCCCOC(=O)CCC(=O)OCc1cccc([N+](=O)[O-])c1. The van der Waals surface area contributed by atoms with E-state index in [0.29, 0.717) is 12.2 Å². The van der Waals surface area contributed by atoms with E-state index in [-0.39, 0.29) is 25.1 Å². The van der Waals surface area contributed by atoms with Gasteiger partial charge in [-0.3, -0.25) is 19.7 Å². The lowest BCUT2D eigenvalue weighted by atomic mass is 10.2. The highest BCUT2D eigenvalue weighted by atomic mass is 16.6. The van der Waals surface area contributed by atoms with Crippen LogP contribution in [0.25, 0.3) is 0 Å². The summed E-state index contributed by atoms with van der Waals surface area (Å²) in [7, 11) is 0. The van der Waals surface area contributed by atoms with E-state index in [1.807, 2.05) is 0 Å². The Hall–Kier alpha value is -2.44. The topological polar surface area (TPSA) is 95.7 Å². The second-order valence-corrected chi connectivity index (χ2v) is 5.02. The molecule has 126 valence electrons. The normalized spacial score (nSPS) is 10.1. The Morgan fingerprint density at radius 1 is 1.13 bits per heavy atom. The first-order chi connectivity index (χ1) is 11.0. The Kier molecular flexibility index (Phi) is 8.34. The van der Waals surface area contributed by atoms with E-state index in [0.717, 1.165) is 19.3 Å². The molecule has 0 N–H and O–H groups in total. The van der Waals surface area contributed by atoms with Gasteiger partial charge in [0.25, 0.3) is 5.69 Å². The van der Waals surface area contributed by atoms with Gasteiger partial charge in [-0.25, -0.2) is 0 Å². The molecule has 1 aromatic rings. The number of ether oxygens (including phenoxy) is 2. The van der Waals surface area contributed by atoms with Crippen LogP contribution < -0.4 is 0 Å². The number of hydrogen-bond donors (Lipinski definition) is 0. The molecule has 7 nitrogen and oxygen atoms in total. The molecular formula is C16H21NO6. The lowest BCUT2D eigenvalue weighted by molar-refractivity contribution is -0.384. The second-order valence-electron chi connectivity index (χ2n) is 5.02.